The molecule has 0 heterocycles. The molecule has 2 aromatic rings. The second kappa shape index (κ2) is 5.13. The van der Waals surface area contributed by atoms with Crippen molar-refractivity contribution >= 4 is 0 Å². The van der Waals surface area contributed by atoms with E-state index in [1.807, 2.05) is 24.3 Å². The maximum atomic E-state index is 13.3. The molecule has 0 saturated heterocycles. The molecule has 0 amide bonds. The van der Waals surface area contributed by atoms with Crippen molar-refractivity contribution in [2.75, 3.05) is 0 Å². The molecule has 0 N–H and O–H groups in total. The van der Waals surface area contributed by atoms with Crippen molar-refractivity contribution in [3.63, 3.8) is 0 Å². The Kier molecular flexibility index (Phi) is 3.58. The summed E-state index contributed by atoms with van der Waals surface area (Å²) in [6, 6.07) is 15.3. The van der Waals surface area contributed by atoms with Gasteiger partial charge in [-0.1, -0.05) is 50.2 Å². The van der Waals surface area contributed by atoms with Crippen LogP contribution in [-0.4, -0.2) is 0 Å². The number of rotatable bonds is 3. The molecular formula is C16H17F. The average molecular weight is 228 g/mol. The summed E-state index contributed by atoms with van der Waals surface area (Å²) >= 11 is 0. The number of benzene rings is 2. The van der Waals surface area contributed by atoms with Gasteiger partial charge in [0.2, 0.25) is 0 Å². The molecule has 0 bridgehead atoms. The van der Waals surface area contributed by atoms with Gasteiger partial charge in [-0.3, -0.25) is 0 Å². The first kappa shape index (κ1) is 11.8. The molecule has 0 nitrogen and oxygen atoms in total. The highest BCUT2D eigenvalue weighted by atomic mass is 19.1. The Morgan fingerprint density at radius 3 is 2.35 bits per heavy atom. The summed E-state index contributed by atoms with van der Waals surface area (Å²) in [6.07, 6.45) is 0.798. The first-order chi connectivity index (χ1) is 8.16. The zero-order valence-electron chi connectivity index (χ0n) is 10.3. The molecule has 0 aliphatic rings. The largest absolute Gasteiger partial charge is 0.207 e. The van der Waals surface area contributed by atoms with Crippen molar-refractivity contribution in [1.29, 1.82) is 0 Å². The molecule has 0 unspecified atom stereocenters. The fourth-order valence-electron chi connectivity index (χ4n) is 2.11. The number of hydrogen-bond donors (Lipinski definition) is 0. The van der Waals surface area contributed by atoms with Gasteiger partial charge in [-0.2, -0.15) is 0 Å². The Labute approximate surface area is 102 Å². The topological polar surface area (TPSA) is 0 Å². The average Bonchev–Trinajstić information content (AvgIpc) is 2.30. The zero-order valence-corrected chi connectivity index (χ0v) is 10.3. The van der Waals surface area contributed by atoms with Crippen LogP contribution in [0.15, 0.2) is 48.5 Å². The van der Waals surface area contributed by atoms with Crippen molar-refractivity contribution < 1.29 is 4.39 Å². The molecule has 0 fully saturated rings. The molecule has 1 heteroatoms. The number of hydrogen-bond acceptors (Lipinski definition) is 0. The summed E-state index contributed by atoms with van der Waals surface area (Å²) in [5.74, 6) is 0.273. The van der Waals surface area contributed by atoms with E-state index in [1.54, 1.807) is 12.1 Å². The van der Waals surface area contributed by atoms with E-state index in [4.69, 9.17) is 0 Å². The van der Waals surface area contributed by atoms with Gasteiger partial charge in [0.15, 0.2) is 0 Å². The standard InChI is InChI=1S/C16H17F/c1-12(2)16-9-8-15(17)11-14(16)10-13-6-4-3-5-7-13/h3-9,11-12H,10H2,1-2H3. The van der Waals surface area contributed by atoms with E-state index in [1.165, 1.54) is 11.1 Å². The van der Waals surface area contributed by atoms with Gasteiger partial charge >= 0.3 is 0 Å². The molecule has 2 rings (SSSR count). The zero-order chi connectivity index (χ0) is 12.3. The van der Waals surface area contributed by atoms with E-state index < -0.39 is 0 Å². The lowest BCUT2D eigenvalue weighted by Gasteiger charge is -2.13. The summed E-state index contributed by atoms with van der Waals surface area (Å²) < 4.78 is 13.3. The molecule has 0 radical (unpaired) electrons. The SMILES string of the molecule is CC(C)c1ccc(F)cc1Cc1ccccc1. The molecule has 0 saturated carbocycles. The molecule has 2 aromatic carbocycles. The van der Waals surface area contributed by atoms with Crippen molar-refractivity contribution in [3.8, 4) is 0 Å². The van der Waals surface area contributed by atoms with Gasteiger partial charge in [-0.05, 0) is 41.2 Å². The highest BCUT2D eigenvalue weighted by Crippen LogP contribution is 2.23. The molecule has 0 aliphatic carbocycles. The van der Waals surface area contributed by atoms with Crippen LogP contribution >= 0.6 is 0 Å². The second-order valence-electron chi connectivity index (χ2n) is 4.66. The highest BCUT2D eigenvalue weighted by molar-refractivity contribution is 5.35. The Hall–Kier alpha value is -1.63. The van der Waals surface area contributed by atoms with E-state index in [2.05, 4.69) is 26.0 Å². The van der Waals surface area contributed by atoms with E-state index >= 15 is 0 Å². The van der Waals surface area contributed by atoms with Gasteiger partial charge in [-0.25, -0.2) is 4.39 Å². The number of halogens is 1. The van der Waals surface area contributed by atoms with E-state index in [9.17, 15) is 4.39 Å². The minimum Gasteiger partial charge on any atom is -0.207 e. The molecule has 17 heavy (non-hydrogen) atoms. The summed E-state index contributed by atoms with van der Waals surface area (Å²) in [4.78, 5) is 0. The Morgan fingerprint density at radius 2 is 1.71 bits per heavy atom. The highest BCUT2D eigenvalue weighted by Gasteiger charge is 2.08. The normalized spacial score (nSPS) is 10.8. The van der Waals surface area contributed by atoms with E-state index in [-0.39, 0.29) is 5.82 Å². The third-order valence-electron chi connectivity index (χ3n) is 2.96. The van der Waals surface area contributed by atoms with E-state index in [0.717, 1.165) is 12.0 Å². The van der Waals surface area contributed by atoms with Crippen LogP contribution in [-0.2, 0) is 6.42 Å². The first-order valence-electron chi connectivity index (χ1n) is 5.99. The third-order valence-corrected chi connectivity index (χ3v) is 2.96. The van der Waals surface area contributed by atoms with Crippen LogP contribution in [0.4, 0.5) is 4.39 Å². The lowest BCUT2D eigenvalue weighted by molar-refractivity contribution is 0.623. The van der Waals surface area contributed by atoms with Gasteiger partial charge < -0.3 is 0 Å². The molecule has 0 aliphatic heterocycles. The van der Waals surface area contributed by atoms with Crippen LogP contribution in [0.2, 0.25) is 0 Å². The van der Waals surface area contributed by atoms with E-state index in [0.29, 0.717) is 5.92 Å². The Balaban J connectivity index is 2.34. The van der Waals surface area contributed by atoms with Crippen LogP contribution in [0.25, 0.3) is 0 Å². The predicted molar refractivity (Wildman–Crippen MR) is 69.7 cm³/mol. The van der Waals surface area contributed by atoms with Crippen LogP contribution in [0.1, 0.15) is 36.5 Å². The van der Waals surface area contributed by atoms with Crippen LogP contribution < -0.4 is 0 Å². The fraction of sp³-hybridized carbons (Fsp3) is 0.250. The summed E-state index contributed by atoms with van der Waals surface area (Å²) in [6.45, 7) is 4.28. The lowest BCUT2D eigenvalue weighted by Crippen LogP contribution is -1.98. The van der Waals surface area contributed by atoms with Gasteiger partial charge in [0.25, 0.3) is 0 Å². The lowest BCUT2D eigenvalue weighted by atomic mass is 9.93. The Bertz CT molecular complexity index is 486. The van der Waals surface area contributed by atoms with Crippen LogP contribution in [0, 0.1) is 5.82 Å². The first-order valence-corrected chi connectivity index (χ1v) is 5.99. The van der Waals surface area contributed by atoms with Crippen molar-refractivity contribution in [2.24, 2.45) is 0 Å². The molecule has 88 valence electrons. The van der Waals surface area contributed by atoms with Gasteiger partial charge in [0, 0.05) is 0 Å². The predicted octanol–water partition coefficient (Wildman–Crippen LogP) is 4.54. The minimum absolute atomic E-state index is 0.152. The van der Waals surface area contributed by atoms with Gasteiger partial charge in [0.05, 0.1) is 0 Å². The Morgan fingerprint density at radius 1 is 1.00 bits per heavy atom. The third kappa shape index (κ3) is 2.94. The minimum atomic E-state index is -0.152. The molecular weight excluding hydrogens is 211 g/mol. The summed E-state index contributed by atoms with van der Waals surface area (Å²) in [5, 5.41) is 0. The summed E-state index contributed by atoms with van der Waals surface area (Å²) in [5.41, 5.74) is 3.54. The van der Waals surface area contributed by atoms with Crippen molar-refractivity contribution in [1.82, 2.24) is 0 Å². The molecule has 0 spiro atoms. The molecule has 0 aromatic heterocycles. The second-order valence-corrected chi connectivity index (χ2v) is 4.66. The van der Waals surface area contributed by atoms with Gasteiger partial charge in [0.1, 0.15) is 5.82 Å². The quantitative estimate of drug-likeness (QED) is 0.723. The van der Waals surface area contributed by atoms with Crippen LogP contribution in [0.5, 0.6) is 0 Å². The smallest absolute Gasteiger partial charge is 0.123 e. The summed E-state index contributed by atoms with van der Waals surface area (Å²) in [7, 11) is 0. The van der Waals surface area contributed by atoms with Crippen molar-refractivity contribution in [2.45, 2.75) is 26.2 Å². The maximum Gasteiger partial charge on any atom is 0.123 e. The molecule has 0 atom stereocenters. The van der Waals surface area contributed by atoms with Crippen LogP contribution in [0.3, 0.4) is 0 Å². The van der Waals surface area contributed by atoms with Crippen molar-refractivity contribution in [3.05, 3.63) is 71.0 Å². The monoisotopic (exact) mass is 228 g/mol. The van der Waals surface area contributed by atoms with Gasteiger partial charge in [-0.15, -0.1) is 0 Å². The maximum absolute atomic E-state index is 13.3. The fourth-order valence-corrected chi connectivity index (χ4v) is 2.11.